The van der Waals surface area contributed by atoms with Crippen LogP contribution in [0.4, 0.5) is 0 Å². The van der Waals surface area contributed by atoms with Crippen LogP contribution >= 0.6 is 31.7 Å². The van der Waals surface area contributed by atoms with E-state index in [0.717, 1.165) is 0 Å². The molecule has 0 N–H and O–H groups in total. The van der Waals surface area contributed by atoms with E-state index in [-0.39, 0.29) is 15.8 Å². The maximum absolute atomic E-state index is 2.39. The minimum atomic E-state index is -0.448. The molecular weight excluding hydrogens is 604 g/mol. The average molecular weight is 643 g/mol. The first kappa shape index (κ1) is 31.0. The van der Waals surface area contributed by atoms with E-state index in [0.29, 0.717) is 0 Å². The minimum Gasteiger partial charge on any atom is -0.0699 e. The molecule has 0 nitrogen and oxygen atoms in total. The lowest BCUT2D eigenvalue weighted by atomic mass is 10.4. The zero-order chi connectivity index (χ0) is 29.8. The van der Waals surface area contributed by atoms with Crippen molar-refractivity contribution in [1.82, 2.24) is 0 Å². The molecule has 6 rings (SSSR count). The van der Waals surface area contributed by atoms with Gasteiger partial charge in [-0.1, -0.05) is 198 Å². The Labute approximate surface area is 268 Å². The highest BCUT2D eigenvalue weighted by atomic mass is 31.2. The highest BCUT2D eigenvalue weighted by Crippen LogP contribution is 2.54. The lowest BCUT2D eigenvalue weighted by Gasteiger charge is -2.29. The van der Waals surface area contributed by atoms with Gasteiger partial charge in [0.05, 0.1) is 0 Å². The molecule has 0 aliphatic heterocycles. The number of hydrogen-bond acceptors (Lipinski definition) is 0. The molecule has 0 spiro atoms. The fourth-order valence-corrected chi connectivity index (χ4v) is 19.6. The average Bonchev–Trinajstić information content (AvgIpc) is 3.12. The fourth-order valence-electron chi connectivity index (χ4n) is 5.48. The van der Waals surface area contributed by atoms with Crippen molar-refractivity contribution in [2.24, 2.45) is 0 Å². The normalized spacial score (nSPS) is 12.7. The number of rotatable bonds is 13. The van der Waals surface area contributed by atoms with Gasteiger partial charge in [0.25, 0.3) is 0 Å². The molecule has 4 heteroatoms. The van der Waals surface area contributed by atoms with Crippen molar-refractivity contribution in [2.45, 2.75) is 0 Å². The molecule has 6 aromatic rings. The topological polar surface area (TPSA) is 0 Å². The van der Waals surface area contributed by atoms with Crippen LogP contribution in [-0.2, 0) is 0 Å². The maximum atomic E-state index is 2.39. The van der Waals surface area contributed by atoms with Gasteiger partial charge in [0.1, 0.15) is 0 Å². The summed E-state index contributed by atoms with van der Waals surface area (Å²) in [5.41, 5.74) is 0. The summed E-state index contributed by atoms with van der Waals surface area (Å²) in [6.45, 7) is 0. The van der Waals surface area contributed by atoms with Crippen molar-refractivity contribution in [3.05, 3.63) is 182 Å². The predicted octanol–water partition coefficient (Wildman–Crippen LogP) is 8.78. The van der Waals surface area contributed by atoms with E-state index in [1.807, 2.05) is 0 Å². The molecule has 44 heavy (non-hydrogen) atoms. The first-order valence-electron chi connectivity index (χ1n) is 15.2. The minimum absolute atomic E-state index is 0.347. The van der Waals surface area contributed by atoms with Crippen molar-refractivity contribution in [3.8, 4) is 0 Å². The molecule has 0 aromatic heterocycles. The Bertz CT molecular complexity index is 1440. The van der Waals surface area contributed by atoms with Crippen molar-refractivity contribution in [1.29, 1.82) is 0 Å². The first-order valence-corrected chi connectivity index (χ1v) is 21.7. The number of benzene rings is 6. The monoisotopic (exact) mass is 642 g/mol. The van der Waals surface area contributed by atoms with Gasteiger partial charge in [0.15, 0.2) is 0 Å². The molecule has 0 heterocycles. The van der Waals surface area contributed by atoms with Gasteiger partial charge in [-0.25, -0.2) is 0 Å². The number of hydrogen-bond donors (Lipinski definition) is 0. The van der Waals surface area contributed by atoms with Crippen LogP contribution in [0.25, 0.3) is 0 Å². The van der Waals surface area contributed by atoms with Crippen LogP contribution < -0.4 is 31.8 Å². The molecule has 0 bridgehead atoms. The van der Waals surface area contributed by atoms with Crippen LogP contribution in [0, 0.1) is 0 Å². The molecule has 6 aromatic carbocycles. The molecule has 0 aliphatic carbocycles. The van der Waals surface area contributed by atoms with Crippen LogP contribution in [0.15, 0.2) is 182 Å². The van der Waals surface area contributed by atoms with Gasteiger partial charge in [0.2, 0.25) is 0 Å². The van der Waals surface area contributed by atoms with Gasteiger partial charge in [-0.15, -0.1) is 0 Å². The van der Waals surface area contributed by atoms with Crippen LogP contribution in [0.2, 0.25) is 0 Å². The third-order valence-corrected chi connectivity index (χ3v) is 20.4. The highest BCUT2D eigenvalue weighted by Gasteiger charge is 2.25. The molecule has 0 aliphatic rings. The second-order valence-electron chi connectivity index (χ2n) is 10.7. The highest BCUT2D eigenvalue weighted by molar-refractivity contribution is 7.87. The van der Waals surface area contributed by atoms with Crippen LogP contribution in [0.5, 0.6) is 0 Å². The van der Waals surface area contributed by atoms with E-state index >= 15 is 0 Å². The van der Waals surface area contributed by atoms with E-state index in [9.17, 15) is 0 Å². The summed E-state index contributed by atoms with van der Waals surface area (Å²) >= 11 is 0. The molecule has 0 fully saturated rings. The molecule has 2 unspecified atom stereocenters. The zero-order valence-electron chi connectivity index (χ0n) is 24.9. The standard InChI is InChI=1S/C40H38P4/c1-7-19-35(20-8-1)41(33-43(37-23-11-3-12-24-37)38-25-13-4-14-26-38)31-32-42(36-21-9-2-10-22-36)34-44(39-27-15-5-16-28-39)40-29-17-6-18-30-40/h1-30H,31-34H2. The summed E-state index contributed by atoms with van der Waals surface area (Å²) in [7, 11) is -1.59. The molecule has 218 valence electrons. The lowest BCUT2D eigenvalue weighted by molar-refractivity contribution is 1.49. The summed E-state index contributed by atoms with van der Waals surface area (Å²) in [4.78, 5) is 0. The van der Waals surface area contributed by atoms with E-state index < -0.39 is 15.8 Å². The molecular formula is C40H38P4. The smallest absolute Gasteiger partial charge is 0.0000441 e. The molecule has 2 atom stereocenters. The van der Waals surface area contributed by atoms with Crippen molar-refractivity contribution in [2.75, 3.05) is 24.1 Å². The second kappa shape index (κ2) is 16.4. The summed E-state index contributed by atoms with van der Waals surface area (Å²) in [5, 5.41) is 9.02. The molecule has 0 radical (unpaired) electrons. The van der Waals surface area contributed by atoms with Crippen LogP contribution in [0.3, 0.4) is 0 Å². The maximum Gasteiger partial charge on any atom is 0.0000441 e. The molecule has 0 saturated heterocycles. The van der Waals surface area contributed by atoms with E-state index in [1.165, 1.54) is 45.3 Å². The molecule has 0 saturated carbocycles. The van der Waals surface area contributed by atoms with Crippen molar-refractivity contribution >= 4 is 63.5 Å². The van der Waals surface area contributed by atoms with E-state index in [2.05, 4.69) is 182 Å². The van der Waals surface area contributed by atoms with Crippen molar-refractivity contribution < 1.29 is 0 Å². The molecule has 0 amide bonds. The Morgan fingerprint density at radius 1 is 0.250 bits per heavy atom. The van der Waals surface area contributed by atoms with Crippen LogP contribution in [0.1, 0.15) is 0 Å². The lowest BCUT2D eigenvalue weighted by Crippen LogP contribution is -2.19. The summed E-state index contributed by atoms with van der Waals surface area (Å²) in [6, 6.07) is 67.9. The third kappa shape index (κ3) is 8.39. The summed E-state index contributed by atoms with van der Waals surface area (Å²) in [6.07, 6.45) is 2.51. The Morgan fingerprint density at radius 3 is 0.682 bits per heavy atom. The van der Waals surface area contributed by atoms with Gasteiger partial charge in [-0.2, -0.15) is 0 Å². The van der Waals surface area contributed by atoms with Crippen molar-refractivity contribution in [3.63, 3.8) is 0 Å². The quantitative estimate of drug-likeness (QED) is 0.111. The van der Waals surface area contributed by atoms with E-state index in [4.69, 9.17) is 0 Å². The largest absolute Gasteiger partial charge is 0.0699 e. The first-order chi connectivity index (χ1) is 21.8. The Morgan fingerprint density at radius 2 is 0.455 bits per heavy atom. The van der Waals surface area contributed by atoms with Gasteiger partial charge in [-0.3, -0.25) is 0 Å². The summed E-state index contributed by atoms with van der Waals surface area (Å²) in [5.74, 6) is 2.46. The Balaban J connectivity index is 1.32. The second-order valence-corrected chi connectivity index (χ2v) is 20.8. The van der Waals surface area contributed by atoms with Gasteiger partial charge < -0.3 is 0 Å². The fraction of sp³-hybridized carbons (Fsp3) is 0.100. The zero-order valence-corrected chi connectivity index (χ0v) is 28.5. The van der Waals surface area contributed by atoms with E-state index in [1.54, 1.807) is 10.6 Å². The SMILES string of the molecule is c1ccc(P(CCP(CP(c2ccccc2)c2ccccc2)c2ccccc2)CP(c2ccccc2)c2ccccc2)cc1. The van der Waals surface area contributed by atoms with Gasteiger partial charge in [0, 0.05) is 11.8 Å². The summed E-state index contributed by atoms with van der Waals surface area (Å²) < 4.78 is 0. The van der Waals surface area contributed by atoms with Gasteiger partial charge >= 0.3 is 0 Å². The van der Waals surface area contributed by atoms with Gasteiger partial charge in [-0.05, 0) is 60.0 Å². The Kier molecular flexibility index (Phi) is 11.6. The Hall–Kier alpha value is -2.96. The van der Waals surface area contributed by atoms with Crippen LogP contribution in [-0.4, -0.2) is 24.1 Å². The predicted molar refractivity (Wildman–Crippen MR) is 204 cm³/mol. The third-order valence-electron chi connectivity index (χ3n) is 7.78.